The van der Waals surface area contributed by atoms with Gasteiger partial charge in [-0.15, -0.1) is 0 Å². The number of sulfonamides is 1. The molecule has 2 amide bonds. The van der Waals surface area contributed by atoms with Crippen molar-refractivity contribution in [2.75, 3.05) is 25.0 Å². The van der Waals surface area contributed by atoms with Crippen LogP contribution in [-0.2, 0) is 10.0 Å². The van der Waals surface area contributed by atoms with E-state index >= 15 is 0 Å². The Morgan fingerprint density at radius 1 is 1.15 bits per heavy atom. The lowest BCUT2D eigenvalue weighted by molar-refractivity contribution is 0.249. The Morgan fingerprint density at radius 3 is 2.35 bits per heavy atom. The molecule has 112 valence electrons. The lowest BCUT2D eigenvalue weighted by atomic mass is 10.3. The fourth-order valence-electron chi connectivity index (χ4n) is 1.48. The van der Waals surface area contributed by atoms with Gasteiger partial charge in [-0.05, 0) is 30.7 Å². The lowest BCUT2D eigenvalue weighted by Crippen LogP contribution is -2.37. The zero-order valence-electron chi connectivity index (χ0n) is 11.3. The molecule has 0 aliphatic heterocycles. The molecule has 0 aliphatic carbocycles. The van der Waals surface area contributed by atoms with E-state index in [1.54, 1.807) is 12.1 Å². The number of carbonyl (C=O) groups is 1. The molecular formula is C12H20N4O3S. The van der Waals surface area contributed by atoms with Crippen LogP contribution >= 0.6 is 0 Å². The largest absolute Gasteiger partial charge is 0.385 e. The number of hydrogen-bond acceptors (Lipinski definition) is 4. The molecular weight excluding hydrogens is 280 g/mol. The number of carbonyl (C=O) groups excluding carboxylic acids is 1. The van der Waals surface area contributed by atoms with Crippen molar-refractivity contribution < 1.29 is 13.2 Å². The molecule has 8 heteroatoms. The number of rotatable bonds is 8. The van der Waals surface area contributed by atoms with E-state index in [1.165, 1.54) is 12.1 Å². The summed E-state index contributed by atoms with van der Waals surface area (Å²) in [5.41, 5.74) is 5.75. The third kappa shape index (κ3) is 5.45. The Kier molecular flexibility index (Phi) is 6.26. The fraction of sp³-hybridized carbons (Fsp3) is 0.417. The second kappa shape index (κ2) is 7.71. The van der Waals surface area contributed by atoms with Gasteiger partial charge in [0.05, 0.1) is 4.90 Å². The third-order valence-electron chi connectivity index (χ3n) is 2.46. The van der Waals surface area contributed by atoms with E-state index in [4.69, 9.17) is 5.73 Å². The average molecular weight is 300 g/mol. The van der Waals surface area contributed by atoms with E-state index in [9.17, 15) is 13.2 Å². The molecule has 0 saturated carbocycles. The zero-order valence-corrected chi connectivity index (χ0v) is 12.2. The van der Waals surface area contributed by atoms with E-state index in [2.05, 4.69) is 22.3 Å². The molecule has 0 aromatic heterocycles. The summed E-state index contributed by atoms with van der Waals surface area (Å²) in [5, 5.41) is 5.46. The first kappa shape index (κ1) is 16.3. The Hall–Kier alpha value is -1.80. The van der Waals surface area contributed by atoms with Crippen LogP contribution in [0.1, 0.15) is 13.3 Å². The summed E-state index contributed by atoms with van der Waals surface area (Å²) in [6.45, 7) is 3.12. The monoisotopic (exact) mass is 300 g/mol. The number of amides is 2. The summed E-state index contributed by atoms with van der Waals surface area (Å²) >= 11 is 0. The first-order valence-corrected chi connectivity index (χ1v) is 7.81. The minimum atomic E-state index is -3.57. The number of anilines is 1. The van der Waals surface area contributed by atoms with Crippen molar-refractivity contribution in [3.05, 3.63) is 24.3 Å². The normalized spacial score (nSPS) is 11.1. The predicted molar refractivity (Wildman–Crippen MR) is 78.0 cm³/mol. The highest BCUT2D eigenvalue weighted by molar-refractivity contribution is 7.89. The highest BCUT2D eigenvalue weighted by Gasteiger charge is 2.12. The van der Waals surface area contributed by atoms with Gasteiger partial charge in [0, 0.05) is 25.3 Å². The molecule has 0 heterocycles. The molecule has 0 unspecified atom stereocenters. The van der Waals surface area contributed by atoms with Crippen molar-refractivity contribution in [3.8, 4) is 0 Å². The predicted octanol–water partition coefficient (Wildman–Crippen LogP) is 0.455. The minimum Gasteiger partial charge on any atom is -0.385 e. The van der Waals surface area contributed by atoms with E-state index in [1.807, 2.05) is 0 Å². The van der Waals surface area contributed by atoms with Crippen molar-refractivity contribution in [1.82, 2.24) is 10.0 Å². The van der Waals surface area contributed by atoms with Crippen molar-refractivity contribution in [3.63, 3.8) is 0 Å². The number of urea groups is 1. The Bertz CT molecular complexity index is 528. The zero-order chi connectivity index (χ0) is 15.0. The summed E-state index contributed by atoms with van der Waals surface area (Å²) in [6.07, 6.45) is 0.995. The quantitative estimate of drug-likeness (QED) is 0.522. The topological polar surface area (TPSA) is 113 Å². The van der Waals surface area contributed by atoms with E-state index in [0.717, 1.165) is 18.7 Å². The fourth-order valence-corrected chi connectivity index (χ4v) is 2.51. The molecule has 1 aromatic rings. The van der Waals surface area contributed by atoms with Gasteiger partial charge in [-0.2, -0.15) is 0 Å². The van der Waals surface area contributed by atoms with Gasteiger partial charge < -0.3 is 16.4 Å². The standard InChI is InChI=1S/C12H20N4O3S/c1-2-7-14-10-3-5-11(6-4-10)20(18,19)16-9-8-15-12(13)17/h3-6,14,16H,2,7-9H2,1H3,(H3,13,15,17). The van der Waals surface area contributed by atoms with Crippen LogP contribution in [-0.4, -0.2) is 34.1 Å². The summed E-state index contributed by atoms with van der Waals surface area (Å²) in [5.74, 6) is 0. The number of nitrogens with two attached hydrogens (primary N) is 1. The minimum absolute atomic E-state index is 0.0844. The van der Waals surface area contributed by atoms with Crippen LogP contribution in [0.3, 0.4) is 0 Å². The summed E-state index contributed by atoms with van der Waals surface area (Å²) in [7, 11) is -3.57. The summed E-state index contributed by atoms with van der Waals surface area (Å²) in [4.78, 5) is 10.6. The molecule has 1 rings (SSSR count). The van der Waals surface area contributed by atoms with Crippen molar-refractivity contribution >= 4 is 21.7 Å². The van der Waals surface area contributed by atoms with Crippen molar-refractivity contribution in [2.45, 2.75) is 18.2 Å². The van der Waals surface area contributed by atoms with Crippen LogP contribution in [0, 0.1) is 0 Å². The third-order valence-corrected chi connectivity index (χ3v) is 3.94. The Labute approximate surface area is 119 Å². The first-order valence-electron chi connectivity index (χ1n) is 6.32. The second-order valence-electron chi connectivity index (χ2n) is 4.14. The van der Waals surface area contributed by atoms with Crippen LogP contribution in [0.2, 0.25) is 0 Å². The molecule has 20 heavy (non-hydrogen) atoms. The second-order valence-corrected chi connectivity index (χ2v) is 5.91. The SMILES string of the molecule is CCCNc1ccc(S(=O)(=O)NCCNC(N)=O)cc1. The maximum absolute atomic E-state index is 11.9. The maximum Gasteiger partial charge on any atom is 0.312 e. The van der Waals surface area contributed by atoms with Gasteiger partial charge in [-0.3, -0.25) is 0 Å². The van der Waals surface area contributed by atoms with Crippen LogP contribution in [0.5, 0.6) is 0 Å². The van der Waals surface area contributed by atoms with Gasteiger partial charge in [0.25, 0.3) is 0 Å². The van der Waals surface area contributed by atoms with E-state index < -0.39 is 16.1 Å². The van der Waals surface area contributed by atoms with Crippen molar-refractivity contribution in [1.29, 1.82) is 0 Å². The Morgan fingerprint density at radius 2 is 1.80 bits per heavy atom. The molecule has 7 nitrogen and oxygen atoms in total. The van der Waals surface area contributed by atoms with Gasteiger partial charge in [-0.25, -0.2) is 17.9 Å². The van der Waals surface area contributed by atoms with E-state index in [0.29, 0.717) is 0 Å². The van der Waals surface area contributed by atoms with E-state index in [-0.39, 0.29) is 18.0 Å². The molecule has 1 aromatic carbocycles. The number of primary amides is 1. The number of hydrogen-bond donors (Lipinski definition) is 4. The van der Waals surface area contributed by atoms with Gasteiger partial charge >= 0.3 is 6.03 Å². The Balaban J connectivity index is 2.56. The van der Waals surface area contributed by atoms with Gasteiger partial charge in [-0.1, -0.05) is 6.92 Å². The van der Waals surface area contributed by atoms with Crippen molar-refractivity contribution in [2.24, 2.45) is 5.73 Å². The van der Waals surface area contributed by atoms with Gasteiger partial charge in [0.1, 0.15) is 0 Å². The summed E-state index contributed by atoms with van der Waals surface area (Å²) in [6, 6.07) is 5.80. The molecule has 0 spiro atoms. The number of benzene rings is 1. The first-order chi connectivity index (χ1) is 9.45. The molecule has 0 bridgehead atoms. The molecule has 0 atom stereocenters. The van der Waals surface area contributed by atoms with Crippen LogP contribution in [0.15, 0.2) is 29.2 Å². The van der Waals surface area contributed by atoms with Crippen LogP contribution < -0.4 is 21.1 Å². The molecule has 0 aliphatic rings. The highest BCUT2D eigenvalue weighted by atomic mass is 32.2. The summed E-state index contributed by atoms with van der Waals surface area (Å²) < 4.78 is 26.2. The van der Waals surface area contributed by atoms with Crippen LogP contribution in [0.4, 0.5) is 10.5 Å². The average Bonchev–Trinajstić information content (AvgIpc) is 2.42. The van der Waals surface area contributed by atoms with Crippen LogP contribution in [0.25, 0.3) is 0 Å². The highest BCUT2D eigenvalue weighted by Crippen LogP contribution is 2.13. The van der Waals surface area contributed by atoms with Gasteiger partial charge in [0.15, 0.2) is 0 Å². The maximum atomic E-state index is 11.9. The smallest absolute Gasteiger partial charge is 0.312 e. The van der Waals surface area contributed by atoms with Gasteiger partial charge in [0.2, 0.25) is 10.0 Å². The lowest BCUT2D eigenvalue weighted by Gasteiger charge is -2.08. The molecule has 0 saturated heterocycles. The number of nitrogens with one attached hydrogen (secondary N) is 3. The molecule has 5 N–H and O–H groups in total. The molecule has 0 fully saturated rings. The molecule has 0 radical (unpaired) electrons.